The summed E-state index contributed by atoms with van der Waals surface area (Å²) in [7, 11) is 0. The molecule has 0 heterocycles. The van der Waals surface area contributed by atoms with Gasteiger partial charge in [0.05, 0.1) is 0 Å². The Hall–Kier alpha value is -2.77. The maximum absolute atomic E-state index is 12.9. The SMILES string of the molecule is CCCCCC/C(=N\OC(C)=O)C(=O)c1ccc(Sc2ccc(C(=O)C(C)(C)O)cc2)cc1. The van der Waals surface area contributed by atoms with Crippen LogP contribution in [0.25, 0.3) is 0 Å². The number of oxime groups is 1. The minimum Gasteiger partial charge on any atom is -0.382 e. The quantitative estimate of drug-likeness (QED) is 0.137. The summed E-state index contributed by atoms with van der Waals surface area (Å²) < 4.78 is 0. The van der Waals surface area contributed by atoms with Gasteiger partial charge in [-0.05, 0) is 63.1 Å². The Morgan fingerprint density at radius 1 is 0.909 bits per heavy atom. The van der Waals surface area contributed by atoms with E-state index in [-0.39, 0.29) is 17.3 Å². The van der Waals surface area contributed by atoms with Gasteiger partial charge in [0.25, 0.3) is 0 Å². The second-order valence-corrected chi connectivity index (χ2v) is 9.45. The van der Waals surface area contributed by atoms with Crippen molar-refractivity contribution in [2.45, 2.75) is 75.2 Å². The summed E-state index contributed by atoms with van der Waals surface area (Å²) in [6, 6.07) is 14.2. The largest absolute Gasteiger partial charge is 0.382 e. The summed E-state index contributed by atoms with van der Waals surface area (Å²) >= 11 is 1.49. The number of unbranched alkanes of at least 4 members (excludes halogenated alkanes) is 3. The van der Waals surface area contributed by atoms with Crippen LogP contribution in [0, 0.1) is 0 Å². The van der Waals surface area contributed by atoms with Crippen LogP contribution >= 0.6 is 11.8 Å². The number of carbonyl (C=O) groups is 3. The number of ketones is 2. The van der Waals surface area contributed by atoms with Crippen molar-refractivity contribution in [3.05, 3.63) is 59.7 Å². The second-order valence-electron chi connectivity index (χ2n) is 8.30. The van der Waals surface area contributed by atoms with E-state index < -0.39 is 11.6 Å². The molecule has 2 rings (SSSR count). The molecule has 0 aliphatic heterocycles. The van der Waals surface area contributed by atoms with Crippen LogP contribution in [0.5, 0.6) is 0 Å². The van der Waals surface area contributed by atoms with Crippen LogP contribution in [-0.4, -0.2) is 34.0 Å². The minimum atomic E-state index is -1.41. The van der Waals surface area contributed by atoms with Gasteiger partial charge >= 0.3 is 5.97 Å². The number of hydrogen-bond acceptors (Lipinski definition) is 7. The lowest BCUT2D eigenvalue weighted by Crippen LogP contribution is -2.30. The standard InChI is InChI=1S/C26H31NO5S/c1-5-6-7-8-9-23(27-32-18(2)28)24(29)19-10-14-21(15-11-19)33-22-16-12-20(13-17-22)25(30)26(3,4)31/h10-17,31H,5-9H2,1-4H3/b27-23+. The topological polar surface area (TPSA) is 93.0 Å². The third-order valence-corrected chi connectivity index (χ3v) is 5.85. The average molecular weight is 470 g/mol. The zero-order chi connectivity index (χ0) is 24.4. The predicted octanol–water partition coefficient (Wildman–Crippen LogP) is 5.86. The van der Waals surface area contributed by atoms with Crippen LogP contribution in [-0.2, 0) is 9.63 Å². The molecule has 0 atom stereocenters. The molecule has 0 amide bonds. The van der Waals surface area contributed by atoms with E-state index in [0.29, 0.717) is 17.5 Å². The van der Waals surface area contributed by atoms with E-state index in [2.05, 4.69) is 12.1 Å². The highest BCUT2D eigenvalue weighted by Gasteiger charge is 2.25. The third kappa shape index (κ3) is 8.59. The van der Waals surface area contributed by atoms with Crippen molar-refractivity contribution in [1.29, 1.82) is 0 Å². The van der Waals surface area contributed by atoms with Gasteiger partial charge in [-0.25, -0.2) is 4.79 Å². The summed E-state index contributed by atoms with van der Waals surface area (Å²) in [6.07, 6.45) is 4.41. The number of hydrogen-bond donors (Lipinski definition) is 1. The Kier molecular flexibility index (Phi) is 10.0. The zero-order valence-electron chi connectivity index (χ0n) is 19.6. The number of rotatable bonds is 12. The molecule has 7 heteroatoms. The van der Waals surface area contributed by atoms with Crippen LogP contribution in [0.3, 0.4) is 0 Å². The van der Waals surface area contributed by atoms with Crippen molar-refractivity contribution in [2.24, 2.45) is 5.16 Å². The van der Waals surface area contributed by atoms with E-state index in [1.807, 2.05) is 24.3 Å². The lowest BCUT2D eigenvalue weighted by molar-refractivity contribution is -0.140. The van der Waals surface area contributed by atoms with Gasteiger partial charge in [0.2, 0.25) is 5.78 Å². The normalized spacial score (nSPS) is 11.8. The van der Waals surface area contributed by atoms with E-state index in [1.54, 1.807) is 24.3 Å². The molecule has 0 spiro atoms. The highest BCUT2D eigenvalue weighted by Crippen LogP contribution is 2.28. The molecule has 6 nitrogen and oxygen atoms in total. The molecule has 0 saturated carbocycles. The molecule has 0 unspecified atom stereocenters. The van der Waals surface area contributed by atoms with E-state index in [9.17, 15) is 19.5 Å². The van der Waals surface area contributed by atoms with Crippen molar-refractivity contribution < 1.29 is 24.3 Å². The molecule has 0 aliphatic carbocycles. The van der Waals surface area contributed by atoms with Crippen molar-refractivity contribution in [3.8, 4) is 0 Å². The number of nitrogens with zero attached hydrogens (tertiary/aromatic N) is 1. The maximum atomic E-state index is 12.9. The van der Waals surface area contributed by atoms with Gasteiger partial charge in [0, 0.05) is 27.8 Å². The van der Waals surface area contributed by atoms with Crippen molar-refractivity contribution in [3.63, 3.8) is 0 Å². The number of aliphatic hydroxyl groups is 1. The molecule has 0 fully saturated rings. The summed E-state index contributed by atoms with van der Waals surface area (Å²) in [5.41, 5.74) is -0.239. The van der Waals surface area contributed by atoms with Gasteiger partial charge in [0.15, 0.2) is 5.78 Å². The lowest BCUT2D eigenvalue weighted by Gasteiger charge is -2.15. The Morgan fingerprint density at radius 3 is 1.94 bits per heavy atom. The van der Waals surface area contributed by atoms with E-state index >= 15 is 0 Å². The van der Waals surface area contributed by atoms with E-state index in [1.165, 1.54) is 32.5 Å². The van der Waals surface area contributed by atoms with Crippen molar-refractivity contribution >= 4 is 35.0 Å². The first-order valence-electron chi connectivity index (χ1n) is 11.1. The monoisotopic (exact) mass is 469 g/mol. The van der Waals surface area contributed by atoms with Crippen molar-refractivity contribution in [1.82, 2.24) is 0 Å². The van der Waals surface area contributed by atoms with Crippen LogP contribution in [0.4, 0.5) is 0 Å². The molecule has 176 valence electrons. The molecule has 33 heavy (non-hydrogen) atoms. The van der Waals surface area contributed by atoms with Gasteiger partial charge < -0.3 is 9.94 Å². The molecule has 0 aromatic heterocycles. The minimum absolute atomic E-state index is 0.244. The predicted molar refractivity (Wildman–Crippen MR) is 130 cm³/mol. The van der Waals surface area contributed by atoms with Gasteiger partial charge in [0.1, 0.15) is 11.3 Å². The van der Waals surface area contributed by atoms with Crippen molar-refractivity contribution in [2.75, 3.05) is 0 Å². The van der Waals surface area contributed by atoms with Crippen LogP contribution in [0.1, 0.15) is 80.5 Å². The third-order valence-electron chi connectivity index (χ3n) is 4.84. The van der Waals surface area contributed by atoms with Crippen LogP contribution in [0.15, 0.2) is 63.5 Å². The van der Waals surface area contributed by atoms with Gasteiger partial charge in [-0.3, -0.25) is 9.59 Å². The highest BCUT2D eigenvalue weighted by atomic mass is 32.2. The molecule has 2 aromatic carbocycles. The zero-order valence-corrected chi connectivity index (χ0v) is 20.4. The Morgan fingerprint density at radius 2 is 1.45 bits per heavy atom. The van der Waals surface area contributed by atoms with Gasteiger partial charge in [-0.15, -0.1) is 0 Å². The molecular weight excluding hydrogens is 438 g/mol. The molecule has 1 N–H and O–H groups in total. The fourth-order valence-corrected chi connectivity index (χ4v) is 3.86. The first-order valence-corrected chi connectivity index (χ1v) is 11.9. The maximum Gasteiger partial charge on any atom is 0.331 e. The summed E-state index contributed by atoms with van der Waals surface area (Å²) in [5, 5.41) is 13.7. The van der Waals surface area contributed by atoms with E-state index in [0.717, 1.165) is 35.5 Å². The first kappa shape index (κ1) is 26.5. The summed E-state index contributed by atoms with van der Waals surface area (Å²) in [4.78, 5) is 42.8. The van der Waals surface area contributed by atoms with Crippen LogP contribution < -0.4 is 0 Å². The van der Waals surface area contributed by atoms with Gasteiger partial charge in [-0.2, -0.15) is 0 Å². The second kappa shape index (κ2) is 12.5. The Bertz CT molecular complexity index is 989. The summed E-state index contributed by atoms with van der Waals surface area (Å²) in [5.74, 6) is -1.14. The number of Topliss-reactive ketones (excluding diaryl/α,β-unsaturated/α-hetero) is 2. The van der Waals surface area contributed by atoms with E-state index in [4.69, 9.17) is 4.84 Å². The smallest absolute Gasteiger partial charge is 0.331 e. The molecule has 0 saturated heterocycles. The lowest BCUT2D eigenvalue weighted by atomic mass is 9.97. The Balaban J connectivity index is 2.07. The molecule has 0 aliphatic rings. The fraction of sp³-hybridized carbons (Fsp3) is 0.385. The Labute approximate surface area is 199 Å². The summed E-state index contributed by atoms with van der Waals surface area (Å²) in [6.45, 7) is 6.30. The highest BCUT2D eigenvalue weighted by molar-refractivity contribution is 7.99. The molecule has 2 aromatic rings. The number of carbonyl (C=O) groups excluding carboxylic acids is 3. The molecule has 0 radical (unpaired) electrons. The molecule has 0 bridgehead atoms. The van der Waals surface area contributed by atoms with Crippen LogP contribution in [0.2, 0.25) is 0 Å². The fourth-order valence-electron chi connectivity index (χ4n) is 3.04. The van der Waals surface area contributed by atoms with Gasteiger partial charge in [-0.1, -0.05) is 55.2 Å². The first-order chi connectivity index (χ1) is 15.6. The number of benzene rings is 2. The average Bonchev–Trinajstić information content (AvgIpc) is 2.78. The molecular formula is C26H31NO5S.